The highest BCUT2D eigenvalue weighted by molar-refractivity contribution is 6.36. The number of nitrogens with two attached hydrogens (primary N) is 1. The standard InChI is InChI=1S/C11H13ClN2O/c1-7-11(12)9-6-8(13)2-3-10(9)14(7)4-5-15/h2-3,6,15H,4-5,13H2,1H3. The fraction of sp³-hybridized carbons (Fsp3) is 0.273. The van der Waals surface area contributed by atoms with Crippen LogP contribution in [0.2, 0.25) is 5.02 Å². The van der Waals surface area contributed by atoms with E-state index in [0.717, 1.165) is 16.6 Å². The third-order valence-corrected chi connectivity index (χ3v) is 3.07. The summed E-state index contributed by atoms with van der Waals surface area (Å²) in [7, 11) is 0. The molecule has 0 radical (unpaired) electrons. The zero-order valence-corrected chi connectivity index (χ0v) is 9.25. The summed E-state index contributed by atoms with van der Waals surface area (Å²) in [5, 5.41) is 10.6. The van der Waals surface area contributed by atoms with Crippen molar-refractivity contribution in [3.8, 4) is 0 Å². The van der Waals surface area contributed by atoms with Crippen molar-refractivity contribution in [1.82, 2.24) is 4.57 Å². The van der Waals surface area contributed by atoms with E-state index in [1.807, 2.05) is 29.7 Å². The van der Waals surface area contributed by atoms with Gasteiger partial charge in [-0.1, -0.05) is 11.6 Å². The lowest BCUT2D eigenvalue weighted by atomic mass is 10.2. The molecule has 3 nitrogen and oxygen atoms in total. The molecule has 1 heterocycles. The smallest absolute Gasteiger partial charge is 0.0691 e. The molecule has 80 valence electrons. The van der Waals surface area contributed by atoms with Crippen LogP contribution in [0.1, 0.15) is 5.69 Å². The van der Waals surface area contributed by atoms with E-state index in [1.165, 1.54) is 0 Å². The molecular weight excluding hydrogens is 212 g/mol. The number of fused-ring (bicyclic) bond motifs is 1. The number of aliphatic hydroxyl groups is 1. The van der Waals surface area contributed by atoms with Crippen molar-refractivity contribution in [2.75, 3.05) is 12.3 Å². The summed E-state index contributed by atoms with van der Waals surface area (Å²) >= 11 is 6.20. The highest BCUT2D eigenvalue weighted by atomic mass is 35.5. The Bertz CT molecular complexity index is 505. The Morgan fingerprint density at radius 1 is 1.47 bits per heavy atom. The van der Waals surface area contributed by atoms with E-state index in [9.17, 15) is 0 Å². The van der Waals surface area contributed by atoms with Crippen molar-refractivity contribution in [3.63, 3.8) is 0 Å². The summed E-state index contributed by atoms with van der Waals surface area (Å²) in [5.74, 6) is 0. The molecule has 0 amide bonds. The molecule has 0 atom stereocenters. The first-order chi connectivity index (χ1) is 7.15. The van der Waals surface area contributed by atoms with Gasteiger partial charge in [-0.2, -0.15) is 0 Å². The lowest BCUT2D eigenvalue weighted by molar-refractivity contribution is 0.277. The maximum Gasteiger partial charge on any atom is 0.0691 e. The van der Waals surface area contributed by atoms with E-state index < -0.39 is 0 Å². The minimum atomic E-state index is 0.103. The summed E-state index contributed by atoms with van der Waals surface area (Å²) in [5.41, 5.74) is 8.39. The zero-order chi connectivity index (χ0) is 11.0. The number of nitrogen functional groups attached to an aromatic ring is 1. The quantitative estimate of drug-likeness (QED) is 0.769. The van der Waals surface area contributed by atoms with Crippen LogP contribution in [0.5, 0.6) is 0 Å². The lowest BCUT2D eigenvalue weighted by Gasteiger charge is -2.05. The molecule has 4 heteroatoms. The van der Waals surface area contributed by atoms with E-state index in [2.05, 4.69) is 0 Å². The molecule has 0 bridgehead atoms. The number of anilines is 1. The van der Waals surface area contributed by atoms with Crippen LogP contribution in [0.4, 0.5) is 5.69 Å². The van der Waals surface area contributed by atoms with Gasteiger partial charge in [0.2, 0.25) is 0 Å². The van der Waals surface area contributed by atoms with Gasteiger partial charge in [0, 0.05) is 28.8 Å². The average Bonchev–Trinajstić information content (AvgIpc) is 2.44. The minimum absolute atomic E-state index is 0.103. The zero-order valence-electron chi connectivity index (χ0n) is 8.50. The maximum atomic E-state index is 8.98. The molecule has 0 aliphatic carbocycles. The number of rotatable bonds is 2. The first-order valence-corrected chi connectivity index (χ1v) is 5.17. The molecule has 15 heavy (non-hydrogen) atoms. The second-order valence-corrected chi connectivity index (χ2v) is 3.93. The van der Waals surface area contributed by atoms with Crippen molar-refractivity contribution in [2.24, 2.45) is 0 Å². The van der Waals surface area contributed by atoms with Gasteiger partial charge in [0.25, 0.3) is 0 Å². The van der Waals surface area contributed by atoms with Gasteiger partial charge >= 0.3 is 0 Å². The summed E-state index contributed by atoms with van der Waals surface area (Å²) in [6, 6.07) is 5.63. The minimum Gasteiger partial charge on any atom is -0.399 e. The van der Waals surface area contributed by atoms with Crippen LogP contribution in [-0.4, -0.2) is 16.3 Å². The fourth-order valence-electron chi connectivity index (χ4n) is 1.85. The van der Waals surface area contributed by atoms with Gasteiger partial charge in [-0.05, 0) is 25.1 Å². The Balaban J connectivity index is 2.75. The molecule has 2 aromatic rings. The monoisotopic (exact) mass is 224 g/mol. The molecule has 2 rings (SSSR count). The van der Waals surface area contributed by atoms with E-state index in [0.29, 0.717) is 17.3 Å². The number of nitrogens with zero attached hydrogens (tertiary/aromatic N) is 1. The van der Waals surface area contributed by atoms with Crippen LogP contribution >= 0.6 is 11.6 Å². The molecule has 0 aliphatic rings. The van der Waals surface area contributed by atoms with Crippen LogP contribution in [0.15, 0.2) is 18.2 Å². The van der Waals surface area contributed by atoms with E-state index >= 15 is 0 Å². The van der Waals surface area contributed by atoms with Crippen molar-refractivity contribution in [3.05, 3.63) is 28.9 Å². The summed E-state index contributed by atoms with van der Waals surface area (Å²) in [6.07, 6.45) is 0. The largest absolute Gasteiger partial charge is 0.399 e. The number of aromatic nitrogens is 1. The lowest BCUT2D eigenvalue weighted by Crippen LogP contribution is -2.03. The normalized spacial score (nSPS) is 11.1. The second kappa shape index (κ2) is 3.76. The van der Waals surface area contributed by atoms with Gasteiger partial charge < -0.3 is 15.4 Å². The maximum absolute atomic E-state index is 8.98. The van der Waals surface area contributed by atoms with Gasteiger partial charge in [0.1, 0.15) is 0 Å². The van der Waals surface area contributed by atoms with Gasteiger partial charge in [-0.15, -0.1) is 0 Å². The van der Waals surface area contributed by atoms with E-state index in [4.69, 9.17) is 22.4 Å². The molecule has 0 unspecified atom stereocenters. The first-order valence-electron chi connectivity index (χ1n) is 4.80. The topological polar surface area (TPSA) is 51.2 Å². The van der Waals surface area contributed by atoms with Crippen LogP contribution in [0.3, 0.4) is 0 Å². The highest BCUT2D eigenvalue weighted by Gasteiger charge is 2.11. The second-order valence-electron chi connectivity index (χ2n) is 3.55. The number of halogens is 1. The molecule has 1 aromatic heterocycles. The number of aliphatic hydroxyl groups excluding tert-OH is 1. The Hall–Kier alpha value is -1.19. The van der Waals surface area contributed by atoms with Gasteiger partial charge in [0.15, 0.2) is 0 Å². The average molecular weight is 225 g/mol. The molecule has 0 saturated heterocycles. The van der Waals surface area contributed by atoms with Crippen LogP contribution < -0.4 is 5.73 Å². The third kappa shape index (κ3) is 1.58. The Kier molecular flexibility index (Phi) is 2.59. The molecule has 0 saturated carbocycles. The molecule has 3 N–H and O–H groups in total. The van der Waals surface area contributed by atoms with Gasteiger partial charge in [0.05, 0.1) is 11.6 Å². The van der Waals surface area contributed by atoms with E-state index in [1.54, 1.807) is 0 Å². The number of hydrogen-bond acceptors (Lipinski definition) is 2. The molecular formula is C11H13ClN2O. The molecule has 0 aliphatic heterocycles. The molecule has 0 fully saturated rings. The third-order valence-electron chi connectivity index (χ3n) is 2.59. The van der Waals surface area contributed by atoms with Gasteiger partial charge in [-0.25, -0.2) is 0 Å². The van der Waals surface area contributed by atoms with Crippen molar-refractivity contribution < 1.29 is 5.11 Å². The van der Waals surface area contributed by atoms with Crippen LogP contribution in [0, 0.1) is 6.92 Å². The predicted molar refractivity (Wildman–Crippen MR) is 63.2 cm³/mol. The van der Waals surface area contributed by atoms with Crippen molar-refractivity contribution in [1.29, 1.82) is 0 Å². The van der Waals surface area contributed by atoms with E-state index in [-0.39, 0.29) is 6.61 Å². The Morgan fingerprint density at radius 2 is 2.20 bits per heavy atom. The fourth-order valence-corrected chi connectivity index (χ4v) is 2.10. The number of hydrogen-bond donors (Lipinski definition) is 2. The first kappa shape index (κ1) is 10.3. The van der Waals surface area contributed by atoms with Gasteiger partial charge in [-0.3, -0.25) is 0 Å². The number of benzene rings is 1. The summed E-state index contributed by atoms with van der Waals surface area (Å²) in [4.78, 5) is 0. The Labute approximate surface area is 93.1 Å². The molecule has 0 spiro atoms. The summed E-state index contributed by atoms with van der Waals surface area (Å²) in [6.45, 7) is 2.60. The summed E-state index contributed by atoms with van der Waals surface area (Å²) < 4.78 is 2.00. The highest BCUT2D eigenvalue weighted by Crippen LogP contribution is 2.31. The van der Waals surface area contributed by atoms with Crippen molar-refractivity contribution in [2.45, 2.75) is 13.5 Å². The van der Waals surface area contributed by atoms with Crippen LogP contribution in [0.25, 0.3) is 10.9 Å². The van der Waals surface area contributed by atoms with Crippen LogP contribution in [-0.2, 0) is 6.54 Å². The Morgan fingerprint density at radius 3 is 2.87 bits per heavy atom. The van der Waals surface area contributed by atoms with Crippen molar-refractivity contribution >= 4 is 28.2 Å². The molecule has 1 aromatic carbocycles. The SMILES string of the molecule is Cc1c(Cl)c2cc(N)ccc2n1CCO. The predicted octanol–water partition coefficient (Wildman–Crippen LogP) is 2.18.